The Bertz CT molecular complexity index is 464. The van der Waals surface area contributed by atoms with Crippen molar-refractivity contribution in [2.45, 2.75) is 38.6 Å². The normalized spacial score (nSPS) is 16.7. The molecule has 1 aromatic carbocycles. The highest BCUT2D eigenvalue weighted by Crippen LogP contribution is 2.24. The highest BCUT2D eigenvalue weighted by atomic mass is 16.3. The summed E-state index contributed by atoms with van der Waals surface area (Å²) in [5.41, 5.74) is 0.804. The Hall–Kier alpha value is -1.75. The maximum absolute atomic E-state index is 12.0. The lowest BCUT2D eigenvalue weighted by Gasteiger charge is -2.27. The van der Waals surface area contributed by atoms with Crippen molar-refractivity contribution in [3.8, 4) is 11.5 Å². The highest BCUT2D eigenvalue weighted by Gasteiger charge is 2.16. The van der Waals surface area contributed by atoms with Crippen LogP contribution in [0.15, 0.2) is 18.2 Å². The van der Waals surface area contributed by atoms with Gasteiger partial charge in [-0.25, -0.2) is 0 Å². The molecule has 1 aliphatic heterocycles. The molecule has 21 heavy (non-hydrogen) atoms. The van der Waals surface area contributed by atoms with E-state index in [4.69, 9.17) is 0 Å². The molecule has 1 saturated heterocycles. The van der Waals surface area contributed by atoms with Gasteiger partial charge in [-0.1, -0.05) is 0 Å². The molecule has 0 bridgehead atoms. The van der Waals surface area contributed by atoms with E-state index in [-0.39, 0.29) is 23.4 Å². The van der Waals surface area contributed by atoms with Crippen LogP contribution in [0.5, 0.6) is 11.5 Å². The van der Waals surface area contributed by atoms with Gasteiger partial charge in [0.1, 0.15) is 11.5 Å². The lowest BCUT2D eigenvalue weighted by atomic mass is 10.1. The van der Waals surface area contributed by atoms with E-state index in [9.17, 15) is 15.0 Å². The standard InChI is InChI=1S/C16H24N2O3/c1-12(13-9-14(19)11-15(20)10-13)17-6-5-16(21)18-7-3-2-4-8-18/h9-12,17,19-20H,2-8H2,1H3. The Kier molecular flexibility index (Phi) is 5.44. The van der Waals surface area contributed by atoms with Gasteiger partial charge in [-0.2, -0.15) is 0 Å². The zero-order valence-corrected chi connectivity index (χ0v) is 12.5. The molecule has 1 heterocycles. The van der Waals surface area contributed by atoms with Crippen molar-refractivity contribution in [2.75, 3.05) is 19.6 Å². The van der Waals surface area contributed by atoms with Gasteiger partial charge in [0.2, 0.25) is 5.91 Å². The van der Waals surface area contributed by atoms with E-state index < -0.39 is 0 Å². The molecule has 5 nitrogen and oxygen atoms in total. The zero-order chi connectivity index (χ0) is 15.2. The van der Waals surface area contributed by atoms with Crippen molar-refractivity contribution in [2.24, 2.45) is 0 Å². The van der Waals surface area contributed by atoms with Crippen LogP contribution in [0.3, 0.4) is 0 Å². The Labute approximate surface area is 125 Å². The van der Waals surface area contributed by atoms with Gasteiger partial charge >= 0.3 is 0 Å². The third kappa shape index (κ3) is 4.63. The molecular formula is C16H24N2O3. The molecule has 0 spiro atoms. The molecule has 1 aliphatic rings. The first kappa shape index (κ1) is 15.6. The van der Waals surface area contributed by atoms with Crippen LogP contribution in [-0.4, -0.2) is 40.7 Å². The van der Waals surface area contributed by atoms with Crippen LogP contribution in [0.4, 0.5) is 0 Å². The topological polar surface area (TPSA) is 72.8 Å². The van der Waals surface area contributed by atoms with Crippen molar-refractivity contribution in [1.82, 2.24) is 10.2 Å². The maximum atomic E-state index is 12.0. The van der Waals surface area contributed by atoms with Gasteiger partial charge in [0.25, 0.3) is 0 Å². The first-order chi connectivity index (χ1) is 10.1. The molecular weight excluding hydrogens is 268 g/mol. The fourth-order valence-electron chi connectivity index (χ4n) is 2.68. The molecule has 1 amide bonds. The van der Waals surface area contributed by atoms with Crippen molar-refractivity contribution in [3.63, 3.8) is 0 Å². The van der Waals surface area contributed by atoms with E-state index in [0.29, 0.717) is 13.0 Å². The second kappa shape index (κ2) is 7.31. The minimum atomic E-state index is -0.0304. The first-order valence-corrected chi connectivity index (χ1v) is 7.60. The molecule has 3 N–H and O–H groups in total. The predicted molar refractivity (Wildman–Crippen MR) is 81.2 cm³/mol. The van der Waals surface area contributed by atoms with Crippen LogP contribution < -0.4 is 5.32 Å². The summed E-state index contributed by atoms with van der Waals surface area (Å²) in [6.45, 7) is 4.30. The Morgan fingerprint density at radius 1 is 1.19 bits per heavy atom. The predicted octanol–water partition coefficient (Wildman–Crippen LogP) is 2.15. The third-order valence-corrected chi connectivity index (χ3v) is 3.92. The summed E-state index contributed by atoms with van der Waals surface area (Å²) >= 11 is 0. The van der Waals surface area contributed by atoms with E-state index in [1.807, 2.05) is 11.8 Å². The van der Waals surface area contributed by atoms with Gasteiger partial charge in [-0.05, 0) is 43.9 Å². The van der Waals surface area contributed by atoms with E-state index >= 15 is 0 Å². The summed E-state index contributed by atoms with van der Waals surface area (Å²) in [6, 6.07) is 4.50. The molecule has 116 valence electrons. The second-order valence-corrected chi connectivity index (χ2v) is 5.65. The average Bonchev–Trinajstić information content (AvgIpc) is 2.47. The van der Waals surface area contributed by atoms with E-state index in [0.717, 1.165) is 31.5 Å². The minimum absolute atomic E-state index is 0.0304. The number of piperidine rings is 1. The molecule has 0 aliphatic carbocycles. The fraction of sp³-hybridized carbons (Fsp3) is 0.562. The maximum Gasteiger partial charge on any atom is 0.223 e. The number of likely N-dealkylation sites (tertiary alicyclic amines) is 1. The summed E-state index contributed by atoms with van der Waals surface area (Å²) < 4.78 is 0. The van der Waals surface area contributed by atoms with Gasteiger partial charge in [0, 0.05) is 38.2 Å². The Balaban J connectivity index is 1.78. The number of aromatic hydroxyl groups is 2. The molecule has 2 rings (SSSR count). The van der Waals surface area contributed by atoms with Gasteiger partial charge < -0.3 is 20.4 Å². The van der Waals surface area contributed by atoms with Crippen LogP contribution in [0.25, 0.3) is 0 Å². The van der Waals surface area contributed by atoms with Crippen LogP contribution in [0.1, 0.15) is 44.2 Å². The van der Waals surface area contributed by atoms with Crippen LogP contribution in [0, 0.1) is 0 Å². The summed E-state index contributed by atoms with van der Waals surface area (Å²) in [7, 11) is 0. The van der Waals surface area contributed by atoms with Crippen LogP contribution in [-0.2, 0) is 4.79 Å². The molecule has 1 fully saturated rings. The zero-order valence-electron chi connectivity index (χ0n) is 12.5. The number of carbonyl (C=O) groups excluding carboxylic acids is 1. The number of nitrogens with one attached hydrogen (secondary N) is 1. The Morgan fingerprint density at radius 2 is 1.81 bits per heavy atom. The summed E-state index contributed by atoms with van der Waals surface area (Å²) in [5.74, 6) is 0.291. The number of benzene rings is 1. The highest BCUT2D eigenvalue weighted by molar-refractivity contribution is 5.76. The van der Waals surface area contributed by atoms with Crippen molar-refractivity contribution in [3.05, 3.63) is 23.8 Å². The van der Waals surface area contributed by atoms with Gasteiger partial charge in [-0.3, -0.25) is 4.79 Å². The number of hydrogen-bond donors (Lipinski definition) is 3. The lowest BCUT2D eigenvalue weighted by molar-refractivity contribution is -0.132. The fourth-order valence-corrected chi connectivity index (χ4v) is 2.68. The van der Waals surface area contributed by atoms with E-state index in [1.54, 1.807) is 12.1 Å². The van der Waals surface area contributed by atoms with E-state index in [1.165, 1.54) is 12.5 Å². The summed E-state index contributed by atoms with van der Waals surface area (Å²) in [4.78, 5) is 14.0. The molecule has 5 heteroatoms. The lowest BCUT2D eigenvalue weighted by Crippen LogP contribution is -2.37. The monoisotopic (exact) mass is 292 g/mol. The number of amides is 1. The molecule has 0 saturated carbocycles. The number of carbonyl (C=O) groups is 1. The SMILES string of the molecule is CC(NCCC(=O)N1CCCCC1)c1cc(O)cc(O)c1. The molecule has 1 unspecified atom stereocenters. The van der Waals surface area contributed by atoms with Crippen molar-refractivity contribution < 1.29 is 15.0 Å². The molecule has 1 atom stereocenters. The van der Waals surface area contributed by atoms with Gasteiger partial charge in [0.15, 0.2) is 0 Å². The average molecular weight is 292 g/mol. The van der Waals surface area contributed by atoms with Gasteiger partial charge in [-0.15, -0.1) is 0 Å². The number of phenols is 2. The number of rotatable bonds is 5. The second-order valence-electron chi connectivity index (χ2n) is 5.65. The van der Waals surface area contributed by atoms with Crippen molar-refractivity contribution >= 4 is 5.91 Å². The Morgan fingerprint density at radius 3 is 2.43 bits per heavy atom. The van der Waals surface area contributed by atoms with Gasteiger partial charge in [0.05, 0.1) is 0 Å². The number of nitrogens with zero attached hydrogens (tertiary/aromatic N) is 1. The number of phenolic OH excluding ortho intramolecular Hbond substituents is 2. The summed E-state index contributed by atoms with van der Waals surface area (Å²) in [5, 5.41) is 22.2. The van der Waals surface area contributed by atoms with E-state index in [2.05, 4.69) is 5.32 Å². The minimum Gasteiger partial charge on any atom is -0.508 e. The smallest absolute Gasteiger partial charge is 0.223 e. The van der Waals surface area contributed by atoms with Crippen molar-refractivity contribution in [1.29, 1.82) is 0 Å². The molecule has 1 aromatic rings. The quantitative estimate of drug-likeness (QED) is 0.777. The largest absolute Gasteiger partial charge is 0.508 e. The number of hydrogen-bond acceptors (Lipinski definition) is 4. The first-order valence-electron chi connectivity index (χ1n) is 7.60. The van der Waals surface area contributed by atoms with Crippen LogP contribution in [0.2, 0.25) is 0 Å². The summed E-state index contributed by atoms with van der Waals surface area (Å²) in [6.07, 6.45) is 3.92. The molecule has 0 radical (unpaired) electrons. The third-order valence-electron chi connectivity index (χ3n) is 3.92. The van der Waals surface area contributed by atoms with Crippen LogP contribution >= 0.6 is 0 Å². The molecule has 0 aromatic heterocycles.